The predicted octanol–water partition coefficient (Wildman–Crippen LogP) is 2.72. The van der Waals surface area contributed by atoms with Gasteiger partial charge in [0.2, 0.25) is 10.0 Å². The molecule has 0 unspecified atom stereocenters. The van der Waals surface area contributed by atoms with Crippen molar-refractivity contribution in [2.75, 3.05) is 18.1 Å². The molecule has 29 heavy (non-hydrogen) atoms. The van der Waals surface area contributed by atoms with Crippen LogP contribution in [0.1, 0.15) is 23.8 Å². The highest BCUT2D eigenvalue weighted by Gasteiger charge is 2.24. The van der Waals surface area contributed by atoms with E-state index in [1.54, 1.807) is 15.9 Å². The first-order chi connectivity index (χ1) is 13.9. The first-order valence-electron chi connectivity index (χ1n) is 9.31. The second-order valence-corrected chi connectivity index (χ2v) is 10.6. The van der Waals surface area contributed by atoms with Gasteiger partial charge in [0.15, 0.2) is 5.16 Å². The summed E-state index contributed by atoms with van der Waals surface area (Å²) < 4.78 is 29.7. The van der Waals surface area contributed by atoms with Crippen LogP contribution in [0.5, 0.6) is 5.75 Å². The third-order valence-electron chi connectivity index (χ3n) is 4.71. The van der Waals surface area contributed by atoms with Gasteiger partial charge in [0.25, 0.3) is 5.56 Å². The largest absolute Gasteiger partial charge is 0.494 e. The number of fused-ring (bicyclic) bond motifs is 3. The minimum Gasteiger partial charge on any atom is -0.494 e. The van der Waals surface area contributed by atoms with Gasteiger partial charge in [-0.25, -0.2) is 18.5 Å². The molecule has 1 aliphatic carbocycles. The molecule has 0 spiro atoms. The monoisotopic (exact) mass is 451 g/mol. The van der Waals surface area contributed by atoms with Crippen LogP contribution in [-0.2, 0) is 22.9 Å². The molecule has 2 aromatic heterocycles. The molecule has 0 atom stereocenters. The van der Waals surface area contributed by atoms with Gasteiger partial charge in [-0.15, -0.1) is 11.3 Å². The van der Waals surface area contributed by atoms with Crippen LogP contribution in [0.2, 0.25) is 0 Å². The quantitative estimate of drug-likeness (QED) is 0.437. The molecule has 7 nitrogen and oxygen atoms in total. The minimum atomic E-state index is -3.58. The normalized spacial score (nSPS) is 13.7. The zero-order chi connectivity index (χ0) is 20.6. The fourth-order valence-electron chi connectivity index (χ4n) is 3.46. The number of aryl methyl sites for hydroxylation is 2. The summed E-state index contributed by atoms with van der Waals surface area (Å²) in [5.74, 6) is 0.757. The molecule has 1 aliphatic rings. The van der Waals surface area contributed by atoms with Crippen LogP contribution in [-0.4, -0.2) is 36.1 Å². The van der Waals surface area contributed by atoms with Gasteiger partial charge in [-0.05, 0) is 56.0 Å². The lowest BCUT2D eigenvalue weighted by molar-refractivity contribution is 0.340. The van der Waals surface area contributed by atoms with E-state index in [4.69, 9.17) is 14.9 Å². The smallest absolute Gasteiger partial charge is 0.267 e. The summed E-state index contributed by atoms with van der Waals surface area (Å²) in [7, 11) is -3.58. The standard InChI is InChI=1S/C19H21N3O4S3/c1-2-26-13-8-6-12(7-9-13)22-18(23)16-14-4-3-5-15(14)28-17(16)21-19(22)27-10-11-29(20,24)25/h6-9H,2-5,10-11H2,1H3,(H2,20,24,25). The molecule has 10 heteroatoms. The fourth-order valence-corrected chi connectivity index (χ4v) is 6.68. The number of nitrogens with zero attached hydrogens (tertiary/aromatic N) is 2. The Morgan fingerprint density at radius 1 is 1.28 bits per heavy atom. The van der Waals surface area contributed by atoms with Crippen molar-refractivity contribution in [1.29, 1.82) is 0 Å². The summed E-state index contributed by atoms with van der Waals surface area (Å²) in [5.41, 5.74) is 1.67. The molecule has 0 saturated heterocycles. The maximum atomic E-state index is 13.5. The number of nitrogens with two attached hydrogens (primary N) is 1. The van der Waals surface area contributed by atoms with E-state index in [2.05, 4.69) is 0 Å². The zero-order valence-corrected chi connectivity index (χ0v) is 18.3. The van der Waals surface area contributed by atoms with Crippen LogP contribution in [0.25, 0.3) is 15.9 Å². The molecular weight excluding hydrogens is 430 g/mol. The molecule has 1 aromatic carbocycles. The number of rotatable bonds is 7. The lowest BCUT2D eigenvalue weighted by Gasteiger charge is -2.13. The summed E-state index contributed by atoms with van der Waals surface area (Å²) in [6.07, 6.45) is 2.94. The topological polar surface area (TPSA) is 104 Å². The van der Waals surface area contributed by atoms with Crippen molar-refractivity contribution >= 4 is 43.3 Å². The summed E-state index contributed by atoms with van der Waals surface area (Å²) in [6, 6.07) is 7.26. The number of sulfonamides is 1. The summed E-state index contributed by atoms with van der Waals surface area (Å²) in [6.45, 7) is 2.47. The number of primary sulfonamides is 1. The molecule has 0 fully saturated rings. The van der Waals surface area contributed by atoms with Gasteiger partial charge in [0.05, 0.1) is 23.4 Å². The average Bonchev–Trinajstić information content (AvgIpc) is 3.23. The molecule has 0 saturated carbocycles. The highest BCUT2D eigenvalue weighted by molar-refractivity contribution is 8.00. The highest BCUT2D eigenvalue weighted by Crippen LogP contribution is 2.36. The Hall–Kier alpha value is -1.88. The first-order valence-corrected chi connectivity index (χ1v) is 12.8. The summed E-state index contributed by atoms with van der Waals surface area (Å²) in [4.78, 5) is 20.2. The number of aromatic nitrogens is 2. The van der Waals surface area contributed by atoms with Crippen molar-refractivity contribution in [1.82, 2.24) is 9.55 Å². The van der Waals surface area contributed by atoms with Gasteiger partial charge in [-0.1, -0.05) is 11.8 Å². The molecular formula is C19H21N3O4S3. The van der Waals surface area contributed by atoms with Crippen LogP contribution in [0.15, 0.2) is 34.2 Å². The van der Waals surface area contributed by atoms with E-state index in [-0.39, 0.29) is 17.1 Å². The SMILES string of the molecule is CCOc1ccc(-n2c(SCCS(N)(=O)=O)nc3sc4c(c3c2=O)CCC4)cc1. The lowest BCUT2D eigenvalue weighted by Crippen LogP contribution is -2.23. The second kappa shape index (κ2) is 8.10. The van der Waals surface area contributed by atoms with Crippen molar-refractivity contribution in [3.05, 3.63) is 45.1 Å². The molecule has 154 valence electrons. The van der Waals surface area contributed by atoms with E-state index in [1.165, 1.54) is 16.6 Å². The van der Waals surface area contributed by atoms with Gasteiger partial charge in [-0.3, -0.25) is 9.36 Å². The van der Waals surface area contributed by atoms with Crippen LogP contribution in [0, 0.1) is 0 Å². The molecule has 0 amide bonds. The Labute approximate surface area is 177 Å². The number of ether oxygens (including phenoxy) is 1. The third kappa shape index (κ3) is 4.20. The number of thiophene rings is 1. The second-order valence-electron chi connectivity index (χ2n) is 6.71. The van der Waals surface area contributed by atoms with E-state index in [0.29, 0.717) is 22.8 Å². The Balaban J connectivity index is 1.83. The molecule has 2 heterocycles. The van der Waals surface area contributed by atoms with E-state index in [1.807, 2.05) is 31.2 Å². The van der Waals surface area contributed by atoms with Gasteiger partial charge in [0, 0.05) is 10.6 Å². The third-order valence-corrected chi connectivity index (χ3v) is 7.87. The molecule has 0 radical (unpaired) electrons. The number of hydrogen-bond acceptors (Lipinski definition) is 7. The fraction of sp³-hybridized carbons (Fsp3) is 0.368. The van der Waals surface area contributed by atoms with Gasteiger partial charge >= 0.3 is 0 Å². The molecule has 2 N–H and O–H groups in total. The summed E-state index contributed by atoms with van der Waals surface area (Å²) in [5, 5.41) is 6.28. The van der Waals surface area contributed by atoms with Crippen molar-refractivity contribution in [3.63, 3.8) is 0 Å². The van der Waals surface area contributed by atoms with Crippen molar-refractivity contribution in [2.24, 2.45) is 5.14 Å². The Morgan fingerprint density at radius 2 is 2.03 bits per heavy atom. The Morgan fingerprint density at radius 3 is 2.72 bits per heavy atom. The average molecular weight is 452 g/mol. The zero-order valence-electron chi connectivity index (χ0n) is 15.9. The van der Waals surface area contributed by atoms with Crippen molar-refractivity contribution in [3.8, 4) is 11.4 Å². The summed E-state index contributed by atoms with van der Waals surface area (Å²) >= 11 is 2.79. The van der Waals surface area contributed by atoms with Crippen LogP contribution >= 0.6 is 23.1 Å². The molecule has 0 aliphatic heterocycles. The predicted molar refractivity (Wildman–Crippen MR) is 117 cm³/mol. The van der Waals surface area contributed by atoms with Gasteiger partial charge in [-0.2, -0.15) is 0 Å². The maximum Gasteiger partial charge on any atom is 0.267 e. The Kier molecular flexibility index (Phi) is 5.69. The lowest BCUT2D eigenvalue weighted by atomic mass is 10.2. The number of thioether (sulfide) groups is 1. The van der Waals surface area contributed by atoms with Crippen LogP contribution in [0.3, 0.4) is 0 Å². The van der Waals surface area contributed by atoms with Gasteiger partial charge in [0.1, 0.15) is 10.6 Å². The van der Waals surface area contributed by atoms with Crippen LogP contribution in [0.4, 0.5) is 0 Å². The van der Waals surface area contributed by atoms with Crippen molar-refractivity contribution < 1.29 is 13.2 Å². The Bertz CT molecular complexity index is 1210. The molecule has 0 bridgehead atoms. The first kappa shape index (κ1) is 20.4. The minimum absolute atomic E-state index is 0.114. The molecule has 4 rings (SSSR count). The maximum absolute atomic E-state index is 13.5. The van der Waals surface area contributed by atoms with E-state index in [0.717, 1.165) is 35.4 Å². The van der Waals surface area contributed by atoms with Crippen molar-refractivity contribution in [2.45, 2.75) is 31.3 Å². The van der Waals surface area contributed by atoms with E-state index < -0.39 is 10.0 Å². The van der Waals surface area contributed by atoms with E-state index >= 15 is 0 Å². The highest BCUT2D eigenvalue weighted by atomic mass is 32.2. The van der Waals surface area contributed by atoms with Crippen LogP contribution < -0.4 is 15.4 Å². The number of benzene rings is 1. The molecule has 3 aromatic rings. The van der Waals surface area contributed by atoms with E-state index in [9.17, 15) is 13.2 Å². The number of hydrogen-bond donors (Lipinski definition) is 1. The van der Waals surface area contributed by atoms with Gasteiger partial charge < -0.3 is 4.74 Å².